The Hall–Kier alpha value is -5.49. The van der Waals surface area contributed by atoms with E-state index in [9.17, 15) is 14.4 Å². The number of esters is 3. The van der Waals surface area contributed by atoms with Gasteiger partial charge in [0.25, 0.3) is 0 Å². The standard InChI is InChI=1S/C65H96O6/c1-4-7-10-13-16-19-22-25-28-30-32-34-37-40-43-46-49-52-55-58-64(67)70-61-62(60-69-63(66)57-54-51-48-45-42-39-36-27-24-21-18-15-12-9-6-3)71-65(68)59-56-53-50-47-44-41-38-35-33-31-29-26-23-20-17-14-11-8-5-2/h7-12,15-21,24-29,32-36,39-40,42-43,49,52,62H,4-6,13-14,22-23,30-31,37-38,41,44-48,50-51,53-61H2,1-3H3/b10-7-,11-8-,12-9-,18-15-,19-16-,20-17-,24-21-,28-25-,29-26-,34-32-,35-33-,36-27-,42-39-,43-40-,52-49-. The first-order chi connectivity index (χ1) is 35.0. The first-order valence-electron chi connectivity index (χ1n) is 27.4. The second-order valence-corrected chi connectivity index (χ2v) is 17.1. The van der Waals surface area contributed by atoms with E-state index >= 15 is 0 Å². The van der Waals surface area contributed by atoms with E-state index in [0.717, 1.165) is 122 Å². The van der Waals surface area contributed by atoms with Crippen LogP contribution in [-0.4, -0.2) is 37.2 Å². The van der Waals surface area contributed by atoms with Crippen molar-refractivity contribution in [2.24, 2.45) is 0 Å². The normalized spacial score (nSPS) is 13.6. The molecule has 0 rings (SSSR count). The molecule has 71 heavy (non-hydrogen) atoms. The van der Waals surface area contributed by atoms with Crippen LogP contribution in [0.4, 0.5) is 0 Å². The van der Waals surface area contributed by atoms with Gasteiger partial charge in [-0.2, -0.15) is 0 Å². The van der Waals surface area contributed by atoms with Crippen LogP contribution in [0.15, 0.2) is 182 Å². The molecule has 0 fully saturated rings. The van der Waals surface area contributed by atoms with Gasteiger partial charge in [-0.3, -0.25) is 14.4 Å². The van der Waals surface area contributed by atoms with E-state index in [1.165, 1.54) is 12.8 Å². The fourth-order valence-corrected chi connectivity index (χ4v) is 6.54. The summed E-state index contributed by atoms with van der Waals surface area (Å²) in [4.78, 5) is 38.1. The Morgan fingerprint density at radius 3 is 1.06 bits per heavy atom. The van der Waals surface area contributed by atoms with Gasteiger partial charge in [0.2, 0.25) is 0 Å². The van der Waals surface area contributed by atoms with Gasteiger partial charge in [0.05, 0.1) is 0 Å². The van der Waals surface area contributed by atoms with E-state index in [1.807, 2.05) is 60.8 Å². The third-order valence-electron chi connectivity index (χ3n) is 10.5. The Kier molecular flexibility index (Phi) is 52.7. The van der Waals surface area contributed by atoms with Gasteiger partial charge in [0, 0.05) is 19.3 Å². The zero-order valence-electron chi connectivity index (χ0n) is 44.6. The molecule has 0 amide bonds. The van der Waals surface area contributed by atoms with Crippen LogP contribution in [0.1, 0.15) is 188 Å². The summed E-state index contributed by atoms with van der Waals surface area (Å²) in [5.74, 6) is -1.09. The lowest BCUT2D eigenvalue weighted by Crippen LogP contribution is -2.30. The fraction of sp³-hybridized carbons (Fsp3) is 0.492. The quantitative estimate of drug-likeness (QED) is 0.0199. The fourth-order valence-electron chi connectivity index (χ4n) is 6.54. The molecule has 0 aliphatic rings. The maximum absolute atomic E-state index is 12.9. The first kappa shape index (κ1) is 65.5. The molecule has 0 bridgehead atoms. The molecule has 0 aliphatic heterocycles. The van der Waals surface area contributed by atoms with Gasteiger partial charge in [0.1, 0.15) is 13.2 Å². The Bertz CT molecular complexity index is 1730. The Labute approximate surface area is 434 Å². The SMILES string of the molecule is CC\C=C/C=C\C=C/C=C\C=C/CCCCCC(=O)OCC(COC(=O)CC/C=C\C/C=C\C/C=C\C/C=C\C/C=C\C/C=C\CC)OC(=O)CCCCCCCC/C=C\C/C=C\C/C=C\C/C=C\CC. The van der Waals surface area contributed by atoms with Crippen molar-refractivity contribution in [2.45, 2.75) is 194 Å². The minimum absolute atomic E-state index is 0.140. The third-order valence-corrected chi connectivity index (χ3v) is 10.5. The number of hydrogen-bond acceptors (Lipinski definition) is 6. The highest BCUT2D eigenvalue weighted by Crippen LogP contribution is 2.12. The van der Waals surface area contributed by atoms with Crippen molar-refractivity contribution in [2.75, 3.05) is 13.2 Å². The molecular formula is C65H96O6. The van der Waals surface area contributed by atoms with Crippen LogP contribution in [-0.2, 0) is 28.6 Å². The summed E-state index contributed by atoms with van der Waals surface area (Å²) in [6.07, 6.45) is 86.0. The van der Waals surface area contributed by atoms with Gasteiger partial charge in [0.15, 0.2) is 6.10 Å². The van der Waals surface area contributed by atoms with E-state index in [4.69, 9.17) is 14.2 Å². The molecule has 0 heterocycles. The maximum Gasteiger partial charge on any atom is 0.306 e. The molecule has 0 spiro atoms. The lowest BCUT2D eigenvalue weighted by atomic mass is 10.1. The average Bonchev–Trinajstić information content (AvgIpc) is 3.37. The van der Waals surface area contributed by atoms with Crippen molar-refractivity contribution in [1.82, 2.24) is 0 Å². The number of carbonyl (C=O) groups is 3. The number of carbonyl (C=O) groups excluding carboxylic acids is 3. The van der Waals surface area contributed by atoms with Crippen molar-refractivity contribution in [3.63, 3.8) is 0 Å². The van der Waals surface area contributed by atoms with Crippen molar-refractivity contribution >= 4 is 17.9 Å². The van der Waals surface area contributed by atoms with E-state index in [-0.39, 0.29) is 50.4 Å². The number of unbranched alkanes of at least 4 members (excludes halogenated alkanes) is 9. The highest BCUT2D eigenvalue weighted by molar-refractivity contribution is 5.71. The largest absolute Gasteiger partial charge is 0.462 e. The summed E-state index contributed by atoms with van der Waals surface area (Å²) in [5, 5.41) is 0. The van der Waals surface area contributed by atoms with Crippen molar-refractivity contribution in [1.29, 1.82) is 0 Å². The summed E-state index contributed by atoms with van der Waals surface area (Å²) in [6, 6.07) is 0. The first-order valence-corrected chi connectivity index (χ1v) is 27.4. The summed E-state index contributed by atoms with van der Waals surface area (Å²) in [5.41, 5.74) is 0. The molecule has 0 aromatic carbocycles. The minimum Gasteiger partial charge on any atom is -0.462 e. The van der Waals surface area contributed by atoms with E-state index in [0.29, 0.717) is 12.8 Å². The van der Waals surface area contributed by atoms with Crippen molar-refractivity contribution < 1.29 is 28.6 Å². The topological polar surface area (TPSA) is 78.9 Å². The number of ether oxygens (including phenoxy) is 3. The molecule has 0 aromatic heterocycles. The molecule has 0 saturated heterocycles. The molecule has 6 heteroatoms. The van der Waals surface area contributed by atoms with E-state index in [2.05, 4.69) is 142 Å². The molecule has 0 saturated carbocycles. The van der Waals surface area contributed by atoms with Crippen LogP contribution in [0.25, 0.3) is 0 Å². The molecular weight excluding hydrogens is 877 g/mol. The Morgan fingerprint density at radius 1 is 0.296 bits per heavy atom. The predicted octanol–water partition coefficient (Wildman–Crippen LogP) is 18.5. The molecule has 392 valence electrons. The van der Waals surface area contributed by atoms with Crippen LogP contribution in [0.5, 0.6) is 0 Å². The maximum atomic E-state index is 12.9. The lowest BCUT2D eigenvalue weighted by Gasteiger charge is -2.18. The predicted molar refractivity (Wildman–Crippen MR) is 306 cm³/mol. The van der Waals surface area contributed by atoms with Crippen LogP contribution < -0.4 is 0 Å². The smallest absolute Gasteiger partial charge is 0.306 e. The summed E-state index contributed by atoms with van der Waals surface area (Å²) < 4.78 is 16.7. The molecule has 0 radical (unpaired) electrons. The van der Waals surface area contributed by atoms with Gasteiger partial charge in [-0.05, 0) is 116 Å². The van der Waals surface area contributed by atoms with Gasteiger partial charge in [-0.15, -0.1) is 0 Å². The molecule has 1 atom stereocenters. The zero-order chi connectivity index (χ0) is 51.4. The van der Waals surface area contributed by atoms with Crippen LogP contribution in [0.3, 0.4) is 0 Å². The Morgan fingerprint density at radius 2 is 0.606 bits per heavy atom. The van der Waals surface area contributed by atoms with Crippen LogP contribution in [0.2, 0.25) is 0 Å². The number of rotatable bonds is 46. The summed E-state index contributed by atoms with van der Waals surface area (Å²) >= 11 is 0. The molecule has 0 aromatic rings. The number of allylic oxidation sites excluding steroid dienone is 30. The van der Waals surface area contributed by atoms with Gasteiger partial charge in [-0.1, -0.05) is 235 Å². The van der Waals surface area contributed by atoms with Crippen molar-refractivity contribution in [3.8, 4) is 0 Å². The van der Waals surface area contributed by atoms with Crippen LogP contribution in [0, 0.1) is 0 Å². The highest BCUT2D eigenvalue weighted by Gasteiger charge is 2.19. The third kappa shape index (κ3) is 55.3. The van der Waals surface area contributed by atoms with Gasteiger partial charge >= 0.3 is 17.9 Å². The van der Waals surface area contributed by atoms with E-state index in [1.54, 1.807) is 0 Å². The molecule has 0 N–H and O–H groups in total. The second-order valence-electron chi connectivity index (χ2n) is 17.1. The minimum atomic E-state index is -0.846. The van der Waals surface area contributed by atoms with E-state index < -0.39 is 6.10 Å². The lowest BCUT2D eigenvalue weighted by molar-refractivity contribution is -0.166. The monoisotopic (exact) mass is 973 g/mol. The van der Waals surface area contributed by atoms with Gasteiger partial charge in [-0.25, -0.2) is 0 Å². The van der Waals surface area contributed by atoms with Crippen LogP contribution >= 0.6 is 0 Å². The average molecular weight is 973 g/mol. The zero-order valence-corrected chi connectivity index (χ0v) is 44.6. The van der Waals surface area contributed by atoms with Crippen molar-refractivity contribution in [3.05, 3.63) is 182 Å². The summed E-state index contributed by atoms with van der Waals surface area (Å²) in [6.45, 7) is 6.12. The number of hydrogen-bond donors (Lipinski definition) is 0. The molecule has 0 aliphatic carbocycles. The summed E-state index contributed by atoms with van der Waals surface area (Å²) in [7, 11) is 0. The highest BCUT2D eigenvalue weighted by atomic mass is 16.6. The molecule has 1 unspecified atom stereocenters. The Balaban J connectivity index is 4.64. The second kappa shape index (κ2) is 57.1. The van der Waals surface area contributed by atoms with Gasteiger partial charge < -0.3 is 14.2 Å². The molecule has 6 nitrogen and oxygen atoms in total.